The number of amides is 1. The SMILES string of the molecule is COc1ccc(C(O)=C2C(=O)C(=O)N(CCN3CCOCC3)[C@@H]2c2cccc(Oc3ccccc3)c2)c(C)c1. The van der Waals surface area contributed by atoms with Crippen LogP contribution in [0.3, 0.4) is 0 Å². The zero-order valence-corrected chi connectivity index (χ0v) is 22.1. The Hall–Kier alpha value is -4.14. The average Bonchev–Trinajstić information content (AvgIpc) is 3.22. The Kier molecular flexibility index (Phi) is 7.95. The lowest BCUT2D eigenvalue weighted by atomic mass is 9.93. The van der Waals surface area contributed by atoms with Gasteiger partial charge in [-0.2, -0.15) is 0 Å². The molecule has 0 aromatic heterocycles. The number of carbonyl (C=O) groups is 2. The Morgan fingerprint density at radius 3 is 2.38 bits per heavy atom. The maximum atomic E-state index is 13.5. The third kappa shape index (κ3) is 5.67. The van der Waals surface area contributed by atoms with Crippen molar-refractivity contribution >= 4 is 17.4 Å². The van der Waals surface area contributed by atoms with Crippen molar-refractivity contribution in [1.29, 1.82) is 0 Å². The van der Waals surface area contributed by atoms with E-state index in [1.54, 1.807) is 30.2 Å². The maximum Gasteiger partial charge on any atom is 0.295 e. The first-order chi connectivity index (χ1) is 19.0. The molecule has 5 rings (SSSR count). The first kappa shape index (κ1) is 26.5. The Morgan fingerprint density at radius 2 is 1.67 bits per heavy atom. The number of hydrogen-bond acceptors (Lipinski definition) is 7. The molecule has 39 heavy (non-hydrogen) atoms. The van der Waals surface area contributed by atoms with E-state index in [0.717, 1.165) is 18.7 Å². The molecule has 8 nitrogen and oxygen atoms in total. The van der Waals surface area contributed by atoms with Crippen molar-refractivity contribution in [3.63, 3.8) is 0 Å². The fourth-order valence-electron chi connectivity index (χ4n) is 5.08. The number of aliphatic hydroxyl groups excluding tert-OH is 1. The van der Waals surface area contributed by atoms with Crippen LogP contribution in [0.15, 0.2) is 78.4 Å². The summed E-state index contributed by atoms with van der Waals surface area (Å²) in [6, 6.07) is 21.2. The van der Waals surface area contributed by atoms with Gasteiger partial charge in [0.2, 0.25) is 0 Å². The lowest BCUT2D eigenvalue weighted by Gasteiger charge is -2.31. The molecule has 2 fully saturated rings. The van der Waals surface area contributed by atoms with Crippen LogP contribution in [-0.4, -0.2) is 73.1 Å². The zero-order valence-electron chi connectivity index (χ0n) is 22.1. The third-order valence-electron chi connectivity index (χ3n) is 7.14. The molecule has 1 atom stereocenters. The smallest absolute Gasteiger partial charge is 0.295 e. The molecule has 2 saturated heterocycles. The molecule has 8 heteroatoms. The van der Waals surface area contributed by atoms with E-state index in [-0.39, 0.29) is 11.3 Å². The number of ketones is 1. The fourth-order valence-corrected chi connectivity index (χ4v) is 5.08. The van der Waals surface area contributed by atoms with Crippen LogP contribution in [-0.2, 0) is 14.3 Å². The maximum absolute atomic E-state index is 13.5. The van der Waals surface area contributed by atoms with Gasteiger partial charge in [0.05, 0.1) is 31.9 Å². The molecule has 1 N–H and O–H groups in total. The highest BCUT2D eigenvalue weighted by atomic mass is 16.5. The van der Waals surface area contributed by atoms with Gasteiger partial charge in [0, 0.05) is 31.7 Å². The molecule has 0 bridgehead atoms. The molecule has 1 amide bonds. The second-order valence-corrected chi connectivity index (χ2v) is 9.61. The van der Waals surface area contributed by atoms with Crippen molar-refractivity contribution in [2.45, 2.75) is 13.0 Å². The average molecular weight is 529 g/mol. The molecule has 202 valence electrons. The quantitative estimate of drug-likeness (QED) is 0.261. The number of methoxy groups -OCH3 is 1. The predicted molar refractivity (Wildman–Crippen MR) is 147 cm³/mol. The predicted octanol–water partition coefficient (Wildman–Crippen LogP) is 4.55. The minimum atomic E-state index is -0.771. The highest BCUT2D eigenvalue weighted by molar-refractivity contribution is 6.46. The number of rotatable bonds is 8. The number of nitrogens with zero attached hydrogens (tertiary/aromatic N) is 2. The summed E-state index contributed by atoms with van der Waals surface area (Å²) in [4.78, 5) is 30.7. The second kappa shape index (κ2) is 11.7. The summed E-state index contributed by atoms with van der Waals surface area (Å²) in [6.45, 7) is 5.55. The van der Waals surface area contributed by atoms with Gasteiger partial charge in [-0.05, 0) is 60.5 Å². The largest absolute Gasteiger partial charge is 0.507 e. The van der Waals surface area contributed by atoms with Crippen LogP contribution >= 0.6 is 0 Å². The first-order valence-electron chi connectivity index (χ1n) is 13.0. The number of Topliss-reactive ketones (excluding diaryl/α,β-unsaturated/α-hetero) is 1. The Bertz CT molecular complexity index is 1380. The van der Waals surface area contributed by atoms with E-state index in [4.69, 9.17) is 14.2 Å². The van der Waals surface area contributed by atoms with Crippen molar-refractivity contribution in [2.75, 3.05) is 46.5 Å². The lowest BCUT2D eigenvalue weighted by molar-refractivity contribution is -0.140. The summed E-state index contributed by atoms with van der Waals surface area (Å²) in [5.41, 5.74) is 1.94. The minimum absolute atomic E-state index is 0.0621. The Balaban J connectivity index is 1.55. The summed E-state index contributed by atoms with van der Waals surface area (Å²) >= 11 is 0. The number of ether oxygens (including phenoxy) is 3. The Labute approximate surface area is 228 Å². The topological polar surface area (TPSA) is 88.5 Å². The molecule has 2 heterocycles. The van der Waals surface area contributed by atoms with Crippen LogP contribution in [0, 0.1) is 6.92 Å². The summed E-state index contributed by atoms with van der Waals surface area (Å²) in [5, 5.41) is 11.5. The summed E-state index contributed by atoms with van der Waals surface area (Å²) in [5.74, 6) is 0.335. The lowest BCUT2D eigenvalue weighted by Crippen LogP contribution is -2.42. The standard InChI is InChI=1S/C31H32N2O6/c1-21-19-24(37-2)11-12-26(21)29(34)27-28(22-7-6-10-25(20-22)39-23-8-4-3-5-9-23)33(31(36)30(27)35)14-13-32-15-17-38-18-16-32/h3-12,19-20,28,34H,13-18H2,1-2H3/t28-/m1/s1. The van der Waals surface area contributed by atoms with Gasteiger partial charge in [-0.3, -0.25) is 14.5 Å². The summed E-state index contributed by atoms with van der Waals surface area (Å²) < 4.78 is 16.8. The second-order valence-electron chi connectivity index (χ2n) is 9.61. The van der Waals surface area contributed by atoms with Gasteiger partial charge in [-0.25, -0.2) is 0 Å². The number of para-hydroxylation sites is 1. The molecular formula is C31H32N2O6. The van der Waals surface area contributed by atoms with Crippen molar-refractivity contribution < 1.29 is 28.9 Å². The van der Waals surface area contributed by atoms with Crippen molar-refractivity contribution in [2.24, 2.45) is 0 Å². The molecule has 0 radical (unpaired) electrons. The van der Waals surface area contributed by atoms with Crippen LogP contribution in [0.1, 0.15) is 22.7 Å². The number of hydrogen-bond donors (Lipinski definition) is 1. The summed E-state index contributed by atoms with van der Waals surface area (Å²) in [7, 11) is 1.57. The van der Waals surface area contributed by atoms with E-state index in [0.29, 0.717) is 54.7 Å². The molecular weight excluding hydrogens is 496 g/mol. The minimum Gasteiger partial charge on any atom is -0.507 e. The fraction of sp³-hybridized carbons (Fsp3) is 0.290. The first-order valence-corrected chi connectivity index (χ1v) is 13.0. The van der Waals surface area contributed by atoms with Crippen molar-refractivity contribution in [3.8, 4) is 17.2 Å². The number of aryl methyl sites for hydroxylation is 1. The number of morpholine rings is 1. The summed E-state index contributed by atoms with van der Waals surface area (Å²) in [6.07, 6.45) is 0. The highest BCUT2D eigenvalue weighted by Gasteiger charge is 2.46. The highest BCUT2D eigenvalue weighted by Crippen LogP contribution is 2.41. The van der Waals surface area contributed by atoms with Gasteiger partial charge >= 0.3 is 0 Å². The molecule has 2 aliphatic heterocycles. The normalized spacial score (nSPS) is 19.3. The van der Waals surface area contributed by atoms with Gasteiger partial charge in [-0.1, -0.05) is 30.3 Å². The van der Waals surface area contributed by atoms with Crippen LogP contribution in [0.5, 0.6) is 17.2 Å². The molecule has 0 spiro atoms. The van der Waals surface area contributed by atoms with Crippen molar-refractivity contribution in [1.82, 2.24) is 9.80 Å². The van der Waals surface area contributed by atoms with E-state index in [9.17, 15) is 14.7 Å². The third-order valence-corrected chi connectivity index (χ3v) is 7.14. The monoisotopic (exact) mass is 528 g/mol. The number of carbonyl (C=O) groups excluding carboxylic acids is 2. The molecule has 2 aliphatic rings. The van der Waals surface area contributed by atoms with Crippen LogP contribution in [0.25, 0.3) is 5.76 Å². The zero-order chi connectivity index (χ0) is 27.4. The molecule has 3 aromatic rings. The number of benzene rings is 3. The molecule has 0 saturated carbocycles. The van der Waals surface area contributed by atoms with E-state index < -0.39 is 17.7 Å². The van der Waals surface area contributed by atoms with Gasteiger partial charge < -0.3 is 24.2 Å². The van der Waals surface area contributed by atoms with Crippen LogP contribution in [0.2, 0.25) is 0 Å². The van der Waals surface area contributed by atoms with Gasteiger partial charge in [-0.15, -0.1) is 0 Å². The number of likely N-dealkylation sites (tertiary alicyclic amines) is 1. The van der Waals surface area contributed by atoms with E-state index in [2.05, 4.69) is 4.90 Å². The van der Waals surface area contributed by atoms with Gasteiger partial charge in [0.15, 0.2) is 0 Å². The number of aliphatic hydroxyl groups is 1. The van der Waals surface area contributed by atoms with Gasteiger partial charge in [0.25, 0.3) is 11.7 Å². The van der Waals surface area contributed by atoms with E-state index in [1.165, 1.54) is 0 Å². The van der Waals surface area contributed by atoms with Crippen LogP contribution in [0.4, 0.5) is 0 Å². The molecule has 3 aromatic carbocycles. The molecule has 0 unspecified atom stereocenters. The van der Waals surface area contributed by atoms with Crippen molar-refractivity contribution in [3.05, 3.63) is 95.1 Å². The van der Waals surface area contributed by atoms with E-state index >= 15 is 0 Å². The van der Waals surface area contributed by atoms with Gasteiger partial charge in [0.1, 0.15) is 23.0 Å². The van der Waals surface area contributed by atoms with Crippen LogP contribution < -0.4 is 9.47 Å². The Morgan fingerprint density at radius 1 is 0.923 bits per heavy atom. The van der Waals surface area contributed by atoms with E-state index in [1.807, 2.05) is 61.5 Å². The molecule has 0 aliphatic carbocycles.